The largest absolute Gasteiger partial charge is 0.424 e. The highest BCUT2D eigenvalue weighted by Crippen LogP contribution is 2.17. The lowest BCUT2D eigenvalue weighted by Gasteiger charge is -2.05. The van der Waals surface area contributed by atoms with Crippen molar-refractivity contribution in [3.8, 4) is 0 Å². The Hall–Kier alpha value is -2.34. The summed E-state index contributed by atoms with van der Waals surface area (Å²) in [4.78, 5) is 4.29. The molecule has 0 amide bonds. The molecular formula is C17H18N2O3S. The van der Waals surface area contributed by atoms with Gasteiger partial charge in [0.2, 0.25) is 0 Å². The van der Waals surface area contributed by atoms with Gasteiger partial charge in [0.25, 0.3) is 6.01 Å². The molecule has 0 unspecified atom stereocenters. The summed E-state index contributed by atoms with van der Waals surface area (Å²) in [6.07, 6.45) is 0.508. The highest BCUT2D eigenvalue weighted by atomic mass is 32.2. The van der Waals surface area contributed by atoms with E-state index >= 15 is 0 Å². The van der Waals surface area contributed by atoms with E-state index < -0.39 is 9.84 Å². The van der Waals surface area contributed by atoms with Crippen molar-refractivity contribution in [3.63, 3.8) is 0 Å². The number of fused-ring (bicyclic) bond motifs is 1. The summed E-state index contributed by atoms with van der Waals surface area (Å²) in [5, 5.41) is 3.03. The van der Waals surface area contributed by atoms with Crippen LogP contribution in [0.4, 0.5) is 6.01 Å². The lowest BCUT2D eigenvalue weighted by molar-refractivity contribution is 0.591. The van der Waals surface area contributed by atoms with Crippen molar-refractivity contribution >= 4 is 27.0 Å². The summed E-state index contributed by atoms with van der Waals surface area (Å²) >= 11 is 0. The highest BCUT2D eigenvalue weighted by molar-refractivity contribution is 7.90. The van der Waals surface area contributed by atoms with Crippen molar-refractivity contribution in [3.05, 3.63) is 60.2 Å². The minimum absolute atomic E-state index is 0.0801. The number of para-hydroxylation sites is 2. The second-order valence-electron chi connectivity index (χ2n) is 5.34. The van der Waals surface area contributed by atoms with E-state index in [0.29, 0.717) is 24.6 Å². The standard InChI is InChI=1S/C17H18N2O3S/c20-23(21,13-14-7-2-1-3-8-14)12-6-11-18-17-19-15-9-4-5-10-16(15)22-17/h1-5,7-10H,6,11-13H2,(H,18,19). The molecule has 1 aromatic heterocycles. The van der Waals surface area contributed by atoms with Crippen LogP contribution in [0.3, 0.4) is 0 Å². The molecule has 120 valence electrons. The monoisotopic (exact) mass is 330 g/mol. The van der Waals surface area contributed by atoms with Gasteiger partial charge < -0.3 is 9.73 Å². The van der Waals surface area contributed by atoms with Gasteiger partial charge in [-0.05, 0) is 24.1 Å². The Morgan fingerprint density at radius 2 is 1.74 bits per heavy atom. The fourth-order valence-electron chi connectivity index (χ4n) is 2.34. The molecule has 3 aromatic rings. The average molecular weight is 330 g/mol. The number of benzene rings is 2. The zero-order chi connectivity index (χ0) is 16.1. The normalized spacial score (nSPS) is 11.7. The zero-order valence-corrected chi connectivity index (χ0v) is 13.4. The summed E-state index contributed by atoms with van der Waals surface area (Å²) in [7, 11) is -3.10. The second kappa shape index (κ2) is 6.83. The van der Waals surface area contributed by atoms with Gasteiger partial charge in [0.05, 0.1) is 11.5 Å². The number of nitrogens with one attached hydrogen (secondary N) is 1. The van der Waals surface area contributed by atoms with Gasteiger partial charge in [-0.15, -0.1) is 0 Å². The molecule has 0 spiro atoms. The molecule has 23 heavy (non-hydrogen) atoms. The first kappa shape index (κ1) is 15.6. The Labute approximate surface area is 135 Å². The molecule has 0 aliphatic heterocycles. The van der Waals surface area contributed by atoms with E-state index in [1.54, 1.807) is 0 Å². The van der Waals surface area contributed by atoms with Crippen molar-refractivity contribution in [1.29, 1.82) is 0 Å². The predicted octanol–water partition coefficient (Wildman–Crippen LogP) is 3.24. The predicted molar refractivity (Wildman–Crippen MR) is 91.0 cm³/mol. The molecule has 2 aromatic carbocycles. The van der Waals surface area contributed by atoms with Crippen LogP contribution < -0.4 is 5.32 Å². The lowest BCUT2D eigenvalue weighted by atomic mass is 10.2. The van der Waals surface area contributed by atoms with Crippen molar-refractivity contribution in [2.45, 2.75) is 12.2 Å². The molecule has 0 fully saturated rings. The summed E-state index contributed by atoms with van der Waals surface area (Å²) < 4.78 is 29.7. The molecule has 0 radical (unpaired) electrons. The molecule has 0 saturated carbocycles. The topological polar surface area (TPSA) is 72.2 Å². The third kappa shape index (κ3) is 4.32. The van der Waals surface area contributed by atoms with E-state index in [2.05, 4.69) is 10.3 Å². The van der Waals surface area contributed by atoms with Crippen molar-refractivity contribution in [2.24, 2.45) is 0 Å². The van der Waals surface area contributed by atoms with E-state index in [1.165, 1.54) is 0 Å². The first-order valence-electron chi connectivity index (χ1n) is 7.46. The summed E-state index contributed by atoms with van der Waals surface area (Å²) in [5.41, 5.74) is 2.32. The number of nitrogens with zero attached hydrogens (tertiary/aromatic N) is 1. The Morgan fingerprint density at radius 1 is 1.00 bits per heavy atom. The number of sulfone groups is 1. The van der Waals surface area contributed by atoms with Gasteiger partial charge in [-0.25, -0.2) is 8.42 Å². The Morgan fingerprint density at radius 3 is 2.52 bits per heavy atom. The molecule has 0 atom stereocenters. The van der Waals surface area contributed by atoms with Crippen LogP contribution in [0.5, 0.6) is 0 Å². The minimum Gasteiger partial charge on any atom is -0.424 e. The van der Waals surface area contributed by atoms with Crippen LogP contribution in [-0.4, -0.2) is 25.7 Å². The quantitative estimate of drug-likeness (QED) is 0.673. The van der Waals surface area contributed by atoms with Crippen LogP contribution in [0.15, 0.2) is 59.0 Å². The van der Waals surface area contributed by atoms with Crippen molar-refractivity contribution < 1.29 is 12.8 Å². The second-order valence-corrected chi connectivity index (χ2v) is 7.53. The maximum absolute atomic E-state index is 12.1. The van der Waals surface area contributed by atoms with E-state index in [1.807, 2.05) is 54.6 Å². The third-order valence-corrected chi connectivity index (χ3v) is 5.12. The van der Waals surface area contributed by atoms with Crippen LogP contribution >= 0.6 is 0 Å². The highest BCUT2D eigenvalue weighted by Gasteiger charge is 2.12. The molecule has 6 heteroatoms. The smallest absolute Gasteiger partial charge is 0.295 e. The van der Waals surface area contributed by atoms with E-state index in [0.717, 1.165) is 11.1 Å². The average Bonchev–Trinajstić information content (AvgIpc) is 2.95. The molecule has 5 nitrogen and oxygen atoms in total. The Kier molecular flexibility index (Phi) is 4.62. The lowest BCUT2D eigenvalue weighted by Crippen LogP contribution is -2.13. The van der Waals surface area contributed by atoms with Gasteiger partial charge in [0.15, 0.2) is 15.4 Å². The summed E-state index contributed by atoms with van der Waals surface area (Å²) in [6.45, 7) is 0.501. The number of aromatic nitrogens is 1. The van der Waals surface area contributed by atoms with Gasteiger partial charge in [-0.2, -0.15) is 4.98 Å². The fraction of sp³-hybridized carbons (Fsp3) is 0.235. The zero-order valence-electron chi connectivity index (χ0n) is 12.6. The van der Waals surface area contributed by atoms with Gasteiger partial charge in [-0.3, -0.25) is 0 Å². The molecule has 1 heterocycles. The Bertz CT molecular complexity index is 840. The van der Waals surface area contributed by atoms with Crippen LogP contribution in [0.1, 0.15) is 12.0 Å². The maximum Gasteiger partial charge on any atom is 0.295 e. The summed E-state index contributed by atoms with van der Waals surface area (Å²) in [6, 6.07) is 17.1. The number of oxazole rings is 1. The number of anilines is 1. The number of rotatable bonds is 7. The van der Waals surface area contributed by atoms with Gasteiger partial charge in [-0.1, -0.05) is 42.5 Å². The molecule has 0 aliphatic rings. The molecule has 3 rings (SSSR count). The van der Waals surface area contributed by atoms with Gasteiger partial charge in [0.1, 0.15) is 5.52 Å². The van der Waals surface area contributed by atoms with Crippen LogP contribution in [0, 0.1) is 0 Å². The number of hydrogen-bond donors (Lipinski definition) is 1. The van der Waals surface area contributed by atoms with Crippen LogP contribution in [0.2, 0.25) is 0 Å². The van der Waals surface area contributed by atoms with Crippen LogP contribution in [0.25, 0.3) is 11.1 Å². The van der Waals surface area contributed by atoms with Crippen LogP contribution in [-0.2, 0) is 15.6 Å². The first-order valence-corrected chi connectivity index (χ1v) is 9.28. The number of hydrogen-bond acceptors (Lipinski definition) is 5. The van der Waals surface area contributed by atoms with E-state index in [-0.39, 0.29) is 11.5 Å². The minimum atomic E-state index is -3.10. The third-order valence-electron chi connectivity index (χ3n) is 3.43. The summed E-state index contributed by atoms with van der Waals surface area (Å²) in [5.74, 6) is 0.214. The molecule has 0 saturated heterocycles. The Balaban J connectivity index is 1.49. The maximum atomic E-state index is 12.1. The van der Waals surface area contributed by atoms with E-state index in [9.17, 15) is 8.42 Å². The van der Waals surface area contributed by atoms with Gasteiger partial charge in [0, 0.05) is 6.54 Å². The molecule has 0 aliphatic carbocycles. The van der Waals surface area contributed by atoms with E-state index in [4.69, 9.17) is 4.42 Å². The van der Waals surface area contributed by atoms with Crippen molar-refractivity contribution in [1.82, 2.24) is 4.98 Å². The van der Waals surface area contributed by atoms with Gasteiger partial charge >= 0.3 is 0 Å². The van der Waals surface area contributed by atoms with Crippen molar-refractivity contribution in [2.75, 3.05) is 17.6 Å². The fourth-order valence-corrected chi connectivity index (χ4v) is 3.76. The SMILES string of the molecule is O=S(=O)(CCCNc1nc2ccccc2o1)Cc1ccccc1. The molecular weight excluding hydrogens is 312 g/mol. The molecule has 1 N–H and O–H groups in total. The molecule has 0 bridgehead atoms. The first-order chi connectivity index (χ1) is 11.1.